The van der Waals surface area contributed by atoms with Crippen LogP contribution in [0, 0.1) is 0 Å². The Labute approximate surface area is 146 Å². The molecule has 0 spiro atoms. The number of H-pyrrole nitrogens is 1. The first-order valence-corrected chi connectivity index (χ1v) is 11.1. The number of allylic oxidation sites excluding steroid dienone is 4. The molecule has 2 rings (SSSR count). The van der Waals surface area contributed by atoms with E-state index in [9.17, 15) is 0 Å². The van der Waals surface area contributed by atoms with E-state index < -0.39 is 8.80 Å². The maximum atomic E-state index is 3.41. The Morgan fingerprint density at radius 1 is 1.10 bits per heavy atom. The van der Waals surface area contributed by atoms with E-state index in [0.29, 0.717) is 5.04 Å². The molecule has 0 fully saturated rings. The molecule has 0 saturated carbocycles. The Morgan fingerprint density at radius 2 is 1.70 bits per heavy atom. The van der Waals surface area contributed by atoms with E-state index in [-0.39, 0.29) is 44.0 Å². The summed E-state index contributed by atoms with van der Waals surface area (Å²) in [6.45, 7) is 14.5. The molecule has 1 aliphatic carbocycles. The van der Waals surface area contributed by atoms with Gasteiger partial charge >= 0.3 is 122 Å². The minimum Gasteiger partial charge on any atom is -1.00 e. The summed E-state index contributed by atoms with van der Waals surface area (Å²) in [5, 5.41) is 0.416. The molecule has 20 heavy (non-hydrogen) atoms. The third-order valence-electron chi connectivity index (χ3n) is 4.81. The number of nitrogens with one attached hydrogen (secondary N) is 1. The molecule has 1 aromatic rings. The topological polar surface area (TPSA) is 15.8 Å². The molecule has 1 aliphatic rings. The van der Waals surface area contributed by atoms with Gasteiger partial charge in [-0.15, -0.1) is 0 Å². The number of halogens is 2. The second kappa shape index (κ2) is 7.51. The molecule has 0 radical (unpaired) electrons. The van der Waals surface area contributed by atoms with Crippen molar-refractivity contribution in [2.24, 2.45) is 0 Å². The fourth-order valence-corrected chi connectivity index (χ4v) is 8.68. The molecule has 0 aromatic carbocycles. The van der Waals surface area contributed by atoms with Crippen molar-refractivity contribution in [1.29, 1.82) is 0 Å². The van der Waals surface area contributed by atoms with Crippen LogP contribution >= 0.6 is 0 Å². The van der Waals surface area contributed by atoms with Gasteiger partial charge in [-0.05, 0) is 0 Å². The van der Waals surface area contributed by atoms with Gasteiger partial charge in [-0.25, -0.2) is 0 Å². The molecule has 1 atom stereocenters. The van der Waals surface area contributed by atoms with E-state index in [1.807, 2.05) is 0 Å². The molecule has 0 saturated heterocycles. The van der Waals surface area contributed by atoms with E-state index in [4.69, 9.17) is 0 Å². The van der Waals surface area contributed by atoms with Crippen LogP contribution in [0.1, 0.15) is 27.7 Å². The first-order valence-electron chi connectivity index (χ1n) is 6.69. The van der Waals surface area contributed by atoms with E-state index in [0.717, 1.165) is 0 Å². The third-order valence-corrected chi connectivity index (χ3v) is 11.0. The zero-order valence-corrected chi connectivity index (χ0v) is 17.3. The first-order chi connectivity index (χ1) is 8.39. The second-order valence-corrected chi connectivity index (χ2v) is 11.3. The van der Waals surface area contributed by atoms with Crippen molar-refractivity contribution in [3.8, 4) is 0 Å². The van der Waals surface area contributed by atoms with E-state index >= 15 is 0 Å². The van der Waals surface area contributed by atoms with Crippen LogP contribution in [0.25, 0.3) is 0 Å². The van der Waals surface area contributed by atoms with Gasteiger partial charge in [0.1, 0.15) is 0 Å². The molecule has 110 valence electrons. The average molecular weight is 364 g/mol. The molecular formula is C15H23Cl2NSiTi. The van der Waals surface area contributed by atoms with Crippen molar-refractivity contribution in [2.45, 2.75) is 45.8 Å². The summed E-state index contributed by atoms with van der Waals surface area (Å²) < 4.78 is 3.24. The van der Waals surface area contributed by atoms with Crippen molar-refractivity contribution in [3.63, 3.8) is 0 Å². The molecule has 0 amide bonds. The van der Waals surface area contributed by atoms with Crippen molar-refractivity contribution in [2.75, 3.05) is 0 Å². The van der Waals surface area contributed by atoms with Gasteiger partial charge in [0.25, 0.3) is 0 Å². The Hall–Kier alpha value is 0.271. The first kappa shape index (κ1) is 20.3. The molecule has 1 heterocycles. The van der Waals surface area contributed by atoms with Crippen LogP contribution in [0.2, 0.25) is 18.1 Å². The van der Waals surface area contributed by atoms with Crippen LogP contribution < -0.4 is 28.8 Å². The minimum absolute atomic E-state index is 0. The standard InChI is InChI=1S/C11H19Si.C4H4N.2ClH.Ti/c1-8-7-11(4,12(5)6)10(3)9(8)2;1-2-4-5-3-1;;;/h12H,1-6H3;1-3,5H;2*1H;/q;;;;+2/p-2. The predicted molar refractivity (Wildman–Crippen MR) is 78.7 cm³/mol. The summed E-state index contributed by atoms with van der Waals surface area (Å²) in [5.41, 5.74) is 4.79. The molecular weight excluding hydrogens is 341 g/mol. The van der Waals surface area contributed by atoms with Crippen LogP contribution in [0.5, 0.6) is 0 Å². The molecule has 5 heteroatoms. The molecule has 0 bridgehead atoms. The Kier molecular flexibility index (Phi) is 7.61. The Morgan fingerprint density at radius 3 is 2.15 bits per heavy atom. The van der Waals surface area contributed by atoms with Gasteiger partial charge in [0.15, 0.2) is 0 Å². The molecule has 0 aliphatic heterocycles. The molecule has 1 unspecified atom stereocenters. The summed E-state index contributed by atoms with van der Waals surface area (Å²) in [6, 6.07) is 4.38. The minimum atomic E-state index is -0.751. The second-order valence-electron chi connectivity index (χ2n) is 5.82. The summed E-state index contributed by atoms with van der Waals surface area (Å²) in [5.74, 6) is 0. The van der Waals surface area contributed by atoms with E-state index in [1.165, 1.54) is 4.00 Å². The van der Waals surface area contributed by atoms with Crippen LogP contribution in [-0.4, -0.2) is 13.8 Å². The fourth-order valence-electron chi connectivity index (χ4n) is 2.92. The van der Waals surface area contributed by atoms with Crippen LogP contribution in [-0.2, 0) is 19.2 Å². The van der Waals surface area contributed by atoms with Crippen LogP contribution in [0.3, 0.4) is 0 Å². The SMILES string of the molecule is CC1=C(C)C(C)([SiH](C)C)[C]([Ti+2][c]2ccc[nH]2)=C1C.[Cl-].[Cl-]. The van der Waals surface area contributed by atoms with Crippen molar-refractivity contribution >= 4 is 12.8 Å². The summed E-state index contributed by atoms with van der Waals surface area (Å²) in [6.07, 6.45) is 2.06. The third kappa shape index (κ3) is 3.20. The largest absolute Gasteiger partial charge is 1.00 e. The van der Waals surface area contributed by atoms with E-state index in [2.05, 4.69) is 64.1 Å². The Bertz CT molecular complexity index is 520. The predicted octanol–water partition coefficient (Wildman–Crippen LogP) is -2.40. The van der Waals surface area contributed by atoms with Crippen molar-refractivity contribution in [1.82, 2.24) is 4.98 Å². The maximum Gasteiger partial charge on any atom is -1.00 e. The van der Waals surface area contributed by atoms with Gasteiger partial charge in [-0.1, -0.05) is 0 Å². The number of aromatic amines is 1. The van der Waals surface area contributed by atoms with Gasteiger partial charge in [0, 0.05) is 0 Å². The normalized spacial score (nSPS) is 21.8. The maximum absolute atomic E-state index is 3.41. The number of hydrogen-bond donors (Lipinski definition) is 1. The van der Waals surface area contributed by atoms with Crippen molar-refractivity contribution in [3.05, 3.63) is 38.9 Å². The number of rotatable bonds is 3. The number of aromatic nitrogens is 1. The van der Waals surface area contributed by atoms with Crippen molar-refractivity contribution < 1.29 is 44.0 Å². The number of hydrogen-bond acceptors (Lipinski definition) is 0. The van der Waals surface area contributed by atoms with Gasteiger partial charge < -0.3 is 24.8 Å². The van der Waals surface area contributed by atoms with Gasteiger partial charge in [0.2, 0.25) is 0 Å². The summed E-state index contributed by atoms with van der Waals surface area (Å²) in [7, 11) is -0.751. The van der Waals surface area contributed by atoms with Gasteiger partial charge in [0.05, 0.1) is 0 Å². The monoisotopic (exact) mass is 363 g/mol. The molecule has 1 N–H and O–H groups in total. The quantitative estimate of drug-likeness (QED) is 0.576. The summed E-state index contributed by atoms with van der Waals surface area (Å²) in [4.78, 5) is 3.41. The smallest absolute Gasteiger partial charge is 1.00 e. The zero-order valence-electron chi connectivity index (χ0n) is 13.1. The van der Waals surface area contributed by atoms with E-state index in [1.54, 1.807) is 20.6 Å². The molecule has 1 nitrogen and oxygen atoms in total. The zero-order chi connectivity index (χ0) is 13.5. The summed E-state index contributed by atoms with van der Waals surface area (Å²) >= 11 is -0.192. The van der Waals surface area contributed by atoms with Crippen LogP contribution in [0.4, 0.5) is 0 Å². The van der Waals surface area contributed by atoms with Gasteiger partial charge in [-0.3, -0.25) is 0 Å². The average Bonchev–Trinajstić information content (AvgIpc) is 2.89. The van der Waals surface area contributed by atoms with Gasteiger partial charge in [-0.2, -0.15) is 0 Å². The fraction of sp³-hybridized carbons (Fsp3) is 0.467. The molecule has 1 aromatic heterocycles. The van der Waals surface area contributed by atoms with Crippen LogP contribution in [0.15, 0.2) is 38.9 Å². The Balaban J connectivity index is 0.00000180.